The molecule has 4 nitrogen and oxygen atoms in total. The summed E-state index contributed by atoms with van der Waals surface area (Å²) >= 11 is 0. The van der Waals surface area contributed by atoms with Crippen molar-refractivity contribution in [2.24, 2.45) is 0 Å². The quantitative estimate of drug-likeness (QED) is 0.899. The highest BCUT2D eigenvalue weighted by atomic mass is 16.1. The van der Waals surface area contributed by atoms with Gasteiger partial charge in [-0.2, -0.15) is 0 Å². The van der Waals surface area contributed by atoms with Crippen LogP contribution >= 0.6 is 0 Å². The van der Waals surface area contributed by atoms with Crippen LogP contribution in [-0.2, 0) is 4.79 Å². The van der Waals surface area contributed by atoms with Gasteiger partial charge in [-0.3, -0.25) is 4.79 Å². The zero-order chi connectivity index (χ0) is 13.0. The molecule has 0 saturated carbocycles. The van der Waals surface area contributed by atoms with Crippen molar-refractivity contribution in [2.75, 3.05) is 5.32 Å². The topological polar surface area (TPSA) is 54.9 Å². The van der Waals surface area contributed by atoms with Gasteiger partial charge in [-0.25, -0.2) is 9.97 Å². The van der Waals surface area contributed by atoms with Crippen molar-refractivity contribution >= 4 is 11.6 Å². The number of carbonyl (C=O) groups is 1. The highest BCUT2D eigenvalue weighted by Crippen LogP contribution is 2.16. The molecule has 92 valence electrons. The molecule has 0 aliphatic carbocycles. The molecule has 0 unspecified atom stereocenters. The van der Waals surface area contributed by atoms with Crippen molar-refractivity contribution in [3.63, 3.8) is 0 Å². The Morgan fingerprint density at radius 2 is 1.78 bits per heavy atom. The molecule has 0 aliphatic heterocycles. The number of amides is 1. The lowest BCUT2D eigenvalue weighted by atomic mass is 10.1. The van der Waals surface area contributed by atoms with Gasteiger partial charge in [0.15, 0.2) is 5.82 Å². The smallest absolute Gasteiger partial charge is 0.224 e. The van der Waals surface area contributed by atoms with Crippen molar-refractivity contribution in [1.29, 1.82) is 0 Å². The number of nitrogens with one attached hydrogen (secondary N) is 1. The second-order valence-electron chi connectivity index (χ2n) is 4.06. The highest BCUT2D eigenvalue weighted by Gasteiger charge is 2.03. The van der Waals surface area contributed by atoms with Gasteiger partial charge in [0.2, 0.25) is 5.91 Å². The number of aryl methyl sites for hydroxylation is 1. The molecule has 0 fully saturated rings. The third-order valence-electron chi connectivity index (χ3n) is 2.57. The number of carbonyl (C=O) groups excluding carboxylic acids is 1. The van der Waals surface area contributed by atoms with E-state index in [0.29, 0.717) is 17.9 Å². The normalized spacial score (nSPS) is 10.1. The number of hydrogen-bond acceptors (Lipinski definition) is 3. The number of anilines is 1. The summed E-state index contributed by atoms with van der Waals surface area (Å²) in [6, 6.07) is 8.00. The number of nitrogens with zero attached hydrogens (tertiary/aromatic N) is 2. The summed E-state index contributed by atoms with van der Waals surface area (Å²) in [6.07, 6.45) is 3.69. The minimum atomic E-state index is -0.0401. The summed E-state index contributed by atoms with van der Waals surface area (Å²) in [5.41, 5.74) is 2.79. The lowest BCUT2D eigenvalue weighted by Crippen LogP contribution is -2.10. The van der Waals surface area contributed by atoms with Gasteiger partial charge in [0.1, 0.15) is 0 Å². The first kappa shape index (κ1) is 12.2. The largest absolute Gasteiger partial charge is 0.323 e. The summed E-state index contributed by atoms with van der Waals surface area (Å²) < 4.78 is 0. The minimum absolute atomic E-state index is 0.0401. The fraction of sp³-hybridized carbons (Fsp3) is 0.214. The molecule has 2 rings (SSSR count). The summed E-state index contributed by atoms with van der Waals surface area (Å²) in [5.74, 6) is 0.617. The van der Waals surface area contributed by atoms with Gasteiger partial charge in [-0.05, 0) is 6.92 Å². The molecule has 1 N–H and O–H groups in total. The van der Waals surface area contributed by atoms with Crippen LogP contribution in [0.1, 0.15) is 18.9 Å². The van der Waals surface area contributed by atoms with E-state index in [0.717, 1.165) is 5.56 Å². The average molecular weight is 241 g/mol. The maximum Gasteiger partial charge on any atom is 0.224 e. The Kier molecular flexibility index (Phi) is 3.67. The summed E-state index contributed by atoms with van der Waals surface area (Å²) in [7, 11) is 0. The molecule has 18 heavy (non-hydrogen) atoms. The predicted octanol–water partition coefficient (Wildman–Crippen LogP) is 2.80. The lowest BCUT2D eigenvalue weighted by Gasteiger charge is -2.04. The number of rotatable bonds is 3. The molecule has 2 aromatic rings. The van der Waals surface area contributed by atoms with Crippen LogP contribution in [-0.4, -0.2) is 15.9 Å². The Labute approximate surface area is 106 Å². The first-order chi connectivity index (χ1) is 8.69. The molecule has 0 saturated heterocycles. The van der Waals surface area contributed by atoms with Gasteiger partial charge >= 0.3 is 0 Å². The van der Waals surface area contributed by atoms with Gasteiger partial charge in [0.25, 0.3) is 0 Å². The number of hydrogen-bond donors (Lipinski definition) is 1. The fourth-order valence-corrected chi connectivity index (χ4v) is 1.49. The lowest BCUT2D eigenvalue weighted by molar-refractivity contribution is -0.115. The van der Waals surface area contributed by atoms with E-state index in [2.05, 4.69) is 15.3 Å². The maximum absolute atomic E-state index is 11.2. The minimum Gasteiger partial charge on any atom is -0.323 e. The van der Waals surface area contributed by atoms with Crippen LogP contribution in [0.25, 0.3) is 11.4 Å². The van der Waals surface area contributed by atoms with Crippen molar-refractivity contribution in [3.05, 3.63) is 42.2 Å². The Balaban J connectivity index is 2.17. The molecule has 4 heteroatoms. The molecular weight excluding hydrogens is 226 g/mol. The maximum atomic E-state index is 11.2. The monoisotopic (exact) mass is 241 g/mol. The molecular formula is C14H15N3O. The van der Waals surface area contributed by atoms with E-state index in [-0.39, 0.29) is 5.91 Å². The van der Waals surface area contributed by atoms with E-state index in [1.165, 1.54) is 5.56 Å². The highest BCUT2D eigenvalue weighted by molar-refractivity contribution is 5.90. The molecule has 0 radical (unpaired) electrons. The van der Waals surface area contributed by atoms with E-state index in [1.807, 2.05) is 31.2 Å². The first-order valence-electron chi connectivity index (χ1n) is 5.88. The van der Waals surface area contributed by atoms with Crippen LogP contribution in [0.3, 0.4) is 0 Å². The van der Waals surface area contributed by atoms with Gasteiger partial charge in [-0.1, -0.05) is 36.8 Å². The SMILES string of the molecule is CCC(=O)Nc1cnc(-c2ccc(C)cc2)nc1. The van der Waals surface area contributed by atoms with Crippen LogP contribution in [0, 0.1) is 6.92 Å². The summed E-state index contributed by atoms with van der Waals surface area (Å²) in [4.78, 5) is 19.7. The van der Waals surface area contributed by atoms with Crippen LogP contribution in [0.4, 0.5) is 5.69 Å². The second kappa shape index (κ2) is 5.40. The average Bonchev–Trinajstić information content (AvgIpc) is 2.40. The Hall–Kier alpha value is -2.23. The standard InChI is InChI=1S/C14H15N3O/c1-3-13(18)17-12-8-15-14(16-9-12)11-6-4-10(2)5-7-11/h4-9H,3H2,1-2H3,(H,17,18). The van der Waals surface area contributed by atoms with Crippen molar-refractivity contribution in [3.8, 4) is 11.4 Å². The van der Waals surface area contributed by atoms with E-state index >= 15 is 0 Å². The molecule has 1 aromatic carbocycles. The second-order valence-corrected chi connectivity index (χ2v) is 4.06. The van der Waals surface area contributed by atoms with Crippen LogP contribution in [0.5, 0.6) is 0 Å². The van der Waals surface area contributed by atoms with Crippen molar-refractivity contribution < 1.29 is 4.79 Å². The predicted molar refractivity (Wildman–Crippen MR) is 71.1 cm³/mol. The van der Waals surface area contributed by atoms with Gasteiger partial charge < -0.3 is 5.32 Å². The molecule has 1 heterocycles. The molecule has 0 bridgehead atoms. The third kappa shape index (κ3) is 2.91. The zero-order valence-corrected chi connectivity index (χ0v) is 10.5. The molecule has 1 aromatic heterocycles. The zero-order valence-electron chi connectivity index (χ0n) is 10.5. The van der Waals surface area contributed by atoms with Gasteiger partial charge in [0.05, 0.1) is 18.1 Å². The van der Waals surface area contributed by atoms with Gasteiger partial charge in [-0.15, -0.1) is 0 Å². The third-order valence-corrected chi connectivity index (χ3v) is 2.57. The molecule has 0 aliphatic rings. The van der Waals surface area contributed by atoms with Gasteiger partial charge in [0, 0.05) is 12.0 Å². The van der Waals surface area contributed by atoms with E-state index in [4.69, 9.17) is 0 Å². The fourth-order valence-electron chi connectivity index (χ4n) is 1.49. The van der Waals surface area contributed by atoms with E-state index in [1.54, 1.807) is 19.3 Å². The number of aromatic nitrogens is 2. The van der Waals surface area contributed by atoms with Crippen LogP contribution < -0.4 is 5.32 Å². The number of benzene rings is 1. The van der Waals surface area contributed by atoms with E-state index < -0.39 is 0 Å². The summed E-state index contributed by atoms with van der Waals surface area (Å²) in [5, 5.41) is 2.72. The Morgan fingerprint density at radius 3 is 2.33 bits per heavy atom. The molecule has 1 amide bonds. The Morgan fingerprint density at radius 1 is 1.17 bits per heavy atom. The van der Waals surface area contributed by atoms with Crippen LogP contribution in [0.2, 0.25) is 0 Å². The molecule has 0 spiro atoms. The van der Waals surface area contributed by atoms with Crippen LogP contribution in [0.15, 0.2) is 36.7 Å². The Bertz CT molecular complexity index is 532. The van der Waals surface area contributed by atoms with Crippen molar-refractivity contribution in [2.45, 2.75) is 20.3 Å². The van der Waals surface area contributed by atoms with Crippen molar-refractivity contribution in [1.82, 2.24) is 9.97 Å². The molecule has 0 atom stereocenters. The summed E-state index contributed by atoms with van der Waals surface area (Å²) in [6.45, 7) is 3.84. The first-order valence-corrected chi connectivity index (χ1v) is 5.88. The van der Waals surface area contributed by atoms with E-state index in [9.17, 15) is 4.79 Å².